The molecule has 2 rings (SSSR count). The number of nitrogens with zero attached hydrogens (tertiary/aromatic N) is 2. The van der Waals surface area contributed by atoms with E-state index in [9.17, 15) is 14.9 Å². The molecule has 7 heteroatoms. The molecular weight excluding hydrogens is 292 g/mol. The summed E-state index contributed by atoms with van der Waals surface area (Å²) in [6.45, 7) is 2.23. The Balaban J connectivity index is 1.85. The van der Waals surface area contributed by atoms with E-state index < -0.39 is 4.92 Å². The van der Waals surface area contributed by atoms with Crippen LogP contribution in [0.1, 0.15) is 22.5 Å². The highest BCUT2D eigenvalue weighted by Crippen LogP contribution is 2.26. The van der Waals surface area contributed by atoms with E-state index in [1.165, 1.54) is 12.1 Å². The topological polar surface area (TPSA) is 72.7 Å². The third-order valence-electron chi connectivity index (χ3n) is 3.42. The highest BCUT2D eigenvalue weighted by atomic mass is 32.1. The van der Waals surface area contributed by atoms with Gasteiger partial charge in [-0.2, -0.15) is 0 Å². The molecule has 0 unspecified atom stereocenters. The molecule has 1 saturated heterocycles. The van der Waals surface area contributed by atoms with Gasteiger partial charge >= 0.3 is 5.00 Å². The molecule has 1 aliphatic rings. The zero-order valence-electron chi connectivity index (χ0n) is 11.5. The van der Waals surface area contributed by atoms with Crippen LogP contribution in [0.15, 0.2) is 12.1 Å². The second-order valence-corrected chi connectivity index (χ2v) is 5.91. The van der Waals surface area contributed by atoms with Gasteiger partial charge in [0.1, 0.15) is 6.61 Å². The van der Waals surface area contributed by atoms with Crippen LogP contribution in [0, 0.1) is 28.4 Å². The Bertz CT molecular complexity index is 556. The van der Waals surface area contributed by atoms with Gasteiger partial charge in [0.15, 0.2) is 0 Å². The molecule has 0 aromatic carbocycles. The standard InChI is InChI=1S/C14H16N2O4S/c1-2-9-20-10-11-5-7-15(8-6-11)14(17)12-3-4-13(21-12)16(18)19/h1,3-4,11H,5-10H2. The van der Waals surface area contributed by atoms with Gasteiger partial charge in [-0.3, -0.25) is 14.9 Å². The van der Waals surface area contributed by atoms with Gasteiger partial charge in [-0.1, -0.05) is 17.3 Å². The maximum Gasteiger partial charge on any atom is 0.324 e. The molecule has 0 saturated carbocycles. The van der Waals surface area contributed by atoms with Crippen molar-refractivity contribution >= 4 is 22.2 Å². The third kappa shape index (κ3) is 4.03. The van der Waals surface area contributed by atoms with E-state index >= 15 is 0 Å². The Kier molecular flexibility index (Phi) is 5.31. The molecule has 1 aliphatic heterocycles. The van der Waals surface area contributed by atoms with Crippen molar-refractivity contribution in [3.63, 3.8) is 0 Å². The number of likely N-dealkylation sites (tertiary alicyclic amines) is 1. The Morgan fingerprint density at radius 1 is 1.52 bits per heavy atom. The predicted molar refractivity (Wildman–Crippen MR) is 79.3 cm³/mol. The van der Waals surface area contributed by atoms with Crippen LogP contribution in [0.5, 0.6) is 0 Å². The minimum atomic E-state index is -0.476. The highest BCUT2D eigenvalue weighted by molar-refractivity contribution is 7.17. The van der Waals surface area contributed by atoms with Crippen molar-refractivity contribution in [2.45, 2.75) is 12.8 Å². The van der Waals surface area contributed by atoms with Crippen LogP contribution in [-0.2, 0) is 4.74 Å². The van der Waals surface area contributed by atoms with E-state index in [-0.39, 0.29) is 10.9 Å². The first-order valence-electron chi connectivity index (χ1n) is 6.66. The number of hydrogen-bond acceptors (Lipinski definition) is 5. The average Bonchev–Trinajstić information content (AvgIpc) is 2.97. The maximum atomic E-state index is 12.3. The number of terminal acetylenes is 1. The first kappa shape index (κ1) is 15.5. The lowest BCUT2D eigenvalue weighted by Crippen LogP contribution is -2.39. The number of carbonyl (C=O) groups is 1. The third-order valence-corrected chi connectivity index (χ3v) is 4.45. The van der Waals surface area contributed by atoms with Gasteiger partial charge in [-0.05, 0) is 24.8 Å². The molecule has 1 amide bonds. The number of amides is 1. The summed E-state index contributed by atoms with van der Waals surface area (Å²) in [6, 6.07) is 2.89. The van der Waals surface area contributed by atoms with Crippen molar-refractivity contribution in [2.24, 2.45) is 5.92 Å². The quantitative estimate of drug-likeness (QED) is 0.362. The van der Waals surface area contributed by atoms with Crippen LogP contribution in [0.2, 0.25) is 0 Å². The van der Waals surface area contributed by atoms with Gasteiger partial charge in [0.2, 0.25) is 0 Å². The van der Waals surface area contributed by atoms with Gasteiger partial charge in [-0.15, -0.1) is 6.42 Å². The molecule has 2 heterocycles. The van der Waals surface area contributed by atoms with Gasteiger partial charge in [0, 0.05) is 19.2 Å². The van der Waals surface area contributed by atoms with Crippen LogP contribution >= 0.6 is 11.3 Å². The van der Waals surface area contributed by atoms with Gasteiger partial charge in [-0.25, -0.2) is 0 Å². The number of thiophene rings is 1. The molecule has 1 aromatic heterocycles. The Morgan fingerprint density at radius 3 is 2.81 bits per heavy atom. The fourth-order valence-corrected chi connectivity index (χ4v) is 3.07. The molecule has 6 nitrogen and oxygen atoms in total. The van der Waals surface area contributed by atoms with Crippen molar-refractivity contribution in [3.05, 3.63) is 27.1 Å². The fraction of sp³-hybridized carbons (Fsp3) is 0.500. The zero-order chi connectivity index (χ0) is 15.2. The summed E-state index contributed by atoms with van der Waals surface area (Å²) in [5, 5.41) is 10.6. The first-order chi connectivity index (χ1) is 10.1. The number of piperidine rings is 1. The summed E-state index contributed by atoms with van der Waals surface area (Å²) >= 11 is 0.923. The van der Waals surface area contributed by atoms with E-state index in [4.69, 9.17) is 11.2 Å². The summed E-state index contributed by atoms with van der Waals surface area (Å²) in [5.74, 6) is 2.71. The van der Waals surface area contributed by atoms with E-state index in [1.54, 1.807) is 4.90 Å². The van der Waals surface area contributed by atoms with Crippen molar-refractivity contribution < 1.29 is 14.5 Å². The lowest BCUT2D eigenvalue weighted by atomic mass is 9.98. The van der Waals surface area contributed by atoms with E-state index in [0.717, 1.165) is 24.2 Å². The van der Waals surface area contributed by atoms with Crippen LogP contribution < -0.4 is 0 Å². The number of nitro groups is 1. The second kappa shape index (κ2) is 7.20. The number of rotatable bonds is 5. The first-order valence-corrected chi connectivity index (χ1v) is 7.48. The number of carbonyl (C=O) groups excluding carboxylic acids is 1. The second-order valence-electron chi connectivity index (χ2n) is 4.85. The number of hydrogen-bond donors (Lipinski definition) is 0. The van der Waals surface area contributed by atoms with Crippen molar-refractivity contribution in [1.29, 1.82) is 0 Å². The SMILES string of the molecule is C#CCOCC1CCN(C(=O)c2ccc([N+](=O)[O-])s2)CC1. The summed E-state index contributed by atoms with van der Waals surface area (Å²) in [7, 11) is 0. The predicted octanol–water partition coefficient (Wildman–Crippen LogP) is 2.16. The van der Waals surface area contributed by atoms with E-state index in [0.29, 0.717) is 37.1 Å². The molecule has 0 N–H and O–H groups in total. The van der Waals surface area contributed by atoms with Gasteiger partial charge in [0.25, 0.3) is 5.91 Å². The minimum Gasteiger partial charge on any atom is -0.369 e. The molecule has 0 spiro atoms. The van der Waals surface area contributed by atoms with Gasteiger partial charge < -0.3 is 9.64 Å². The maximum absolute atomic E-state index is 12.3. The molecule has 112 valence electrons. The summed E-state index contributed by atoms with van der Waals surface area (Å²) in [4.78, 5) is 24.6. The Labute approximate surface area is 126 Å². The average molecular weight is 308 g/mol. The summed E-state index contributed by atoms with van der Waals surface area (Å²) in [5.41, 5.74) is 0. The molecule has 21 heavy (non-hydrogen) atoms. The van der Waals surface area contributed by atoms with Crippen LogP contribution in [-0.4, -0.2) is 42.0 Å². The molecular formula is C14H16N2O4S. The van der Waals surface area contributed by atoms with Crippen LogP contribution in [0.4, 0.5) is 5.00 Å². The monoisotopic (exact) mass is 308 g/mol. The Morgan fingerprint density at radius 2 is 2.24 bits per heavy atom. The minimum absolute atomic E-state index is 0.00378. The molecule has 0 aliphatic carbocycles. The van der Waals surface area contributed by atoms with E-state index in [1.807, 2.05) is 0 Å². The lowest BCUT2D eigenvalue weighted by Gasteiger charge is -2.31. The Hall–Kier alpha value is -1.91. The van der Waals surface area contributed by atoms with Crippen molar-refractivity contribution in [2.75, 3.05) is 26.3 Å². The molecule has 0 bridgehead atoms. The normalized spacial score (nSPS) is 15.7. The summed E-state index contributed by atoms with van der Waals surface area (Å²) < 4.78 is 5.32. The highest BCUT2D eigenvalue weighted by Gasteiger charge is 2.25. The lowest BCUT2D eigenvalue weighted by molar-refractivity contribution is -0.380. The molecule has 1 fully saturated rings. The molecule has 0 radical (unpaired) electrons. The van der Waals surface area contributed by atoms with Crippen LogP contribution in [0.25, 0.3) is 0 Å². The fourth-order valence-electron chi connectivity index (χ4n) is 2.28. The molecule has 0 atom stereocenters. The molecule has 1 aromatic rings. The summed E-state index contributed by atoms with van der Waals surface area (Å²) in [6.07, 6.45) is 6.85. The largest absolute Gasteiger partial charge is 0.369 e. The number of ether oxygens (including phenoxy) is 1. The van der Waals surface area contributed by atoms with Gasteiger partial charge in [0.05, 0.1) is 16.4 Å². The smallest absolute Gasteiger partial charge is 0.324 e. The van der Waals surface area contributed by atoms with Crippen LogP contribution in [0.3, 0.4) is 0 Å². The zero-order valence-corrected chi connectivity index (χ0v) is 12.3. The van der Waals surface area contributed by atoms with E-state index in [2.05, 4.69) is 5.92 Å². The van der Waals surface area contributed by atoms with Crippen molar-refractivity contribution in [1.82, 2.24) is 4.90 Å². The van der Waals surface area contributed by atoms with Crippen molar-refractivity contribution in [3.8, 4) is 12.3 Å².